The quantitative estimate of drug-likeness (QED) is 0.661. The largest absolute Gasteiger partial charge is 0.465 e. The van der Waals surface area contributed by atoms with Crippen molar-refractivity contribution in [3.8, 4) is 5.69 Å². The van der Waals surface area contributed by atoms with E-state index >= 15 is 0 Å². The zero-order valence-electron chi connectivity index (χ0n) is 17.5. The number of nitrogens with zero attached hydrogens (tertiary/aromatic N) is 2. The number of hydrogen-bond acceptors (Lipinski definition) is 6. The van der Waals surface area contributed by atoms with E-state index < -0.39 is 48.0 Å². The Hall–Kier alpha value is -3.33. The number of anilines is 1. The Morgan fingerprint density at radius 2 is 1.96 bits per heavy atom. The average Bonchev–Trinajstić information content (AvgIpc) is 2.66. The van der Waals surface area contributed by atoms with Crippen molar-refractivity contribution >= 4 is 22.7 Å². The van der Waals surface area contributed by atoms with Crippen LogP contribution in [0.25, 0.3) is 16.7 Å². The highest BCUT2D eigenvalue weighted by atomic mass is 19.3. The van der Waals surface area contributed by atoms with Gasteiger partial charge in [-0.3, -0.25) is 9.36 Å². The number of fused-ring (bicyclic) bond motifs is 1. The Kier molecular flexibility index (Phi) is 4.12. The van der Waals surface area contributed by atoms with Crippen LogP contribution < -0.4 is 11.3 Å². The molecule has 3 N–H and O–H groups in total. The van der Waals surface area contributed by atoms with E-state index in [2.05, 4.69) is 9.72 Å². The van der Waals surface area contributed by atoms with Gasteiger partial charge in [-0.25, -0.2) is 18.6 Å². The smallest absolute Gasteiger partial charge is 0.345 e. The highest BCUT2D eigenvalue weighted by Gasteiger charge is 2.24. The van der Waals surface area contributed by atoms with Crippen molar-refractivity contribution in [1.29, 1.82) is 0 Å². The number of ether oxygens (including phenoxy) is 1. The number of esters is 1. The van der Waals surface area contributed by atoms with E-state index in [0.717, 1.165) is 16.7 Å². The number of aliphatic hydroxyl groups is 1. The van der Waals surface area contributed by atoms with Gasteiger partial charge < -0.3 is 15.6 Å². The van der Waals surface area contributed by atoms with E-state index in [0.29, 0.717) is 5.56 Å². The van der Waals surface area contributed by atoms with Gasteiger partial charge in [0.05, 0.1) is 28.6 Å². The van der Waals surface area contributed by atoms with Crippen molar-refractivity contribution in [1.82, 2.24) is 9.55 Å². The van der Waals surface area contributed by atoms with Crippen LogP contribution >= 0.6 is 0 Å². The predicted molar refractivity (Wildman–Crippen MR) is 98.7 cm³/mol. The van der Waals surface area contributed by atoms with Gasteiger partial charge in [-0.2, -0.15) is 0 Å². The molecule has 0 aliphatic carbocycles. The second-order valence-electron chi connectivity index (χ2n) is 5.99. The molecule has 3 rings (SSSR count). The highest BCUT2D eigenvalue weighted by Crippen LogP contribution is 2.27. The molecule has 0 saturated carbocycles. The Bertz CT molecular complexity index is 1210. The van der Waals surface area contributed by atoms with Gasteiger partial charge in [-0.1, -0.05) is 12.1 Å². The minimum absolute atomic E-state index is 0.0268. The summed E-state index contributed by atoms with van der Waals surface area (Å²) in [4.78, 5) is 29.4. The summed E-state index contributed by atoms with van der Waals surface area (Å²) in [5.74, 6) is -1.49. The molecule has 2 heterocycles. The van der Waals surface area contributed by atoms with Crippen LogP contribution in [0.4, 0.5) is 14.5 Å². The Labute approximate surface area is 162 Å². The number of carbonyl (C=O) groups excluding carboxylic acids is 1. The maximum Gasteiger partial charge on any atom is 0.345 e. The summed E-state index contributed by atoms with van der Waals surface area (Å²) in [5, 5.41) is 9.65. The molecule has 1 atom stereocenters. The van der Waals surface area contributed by atoms with Gasteiger partial charge in [0, 0.05) is 5.39 Å². The summed E-state index contributed by atoms with van der Waals surface area (Å²) in [5.41, 5.74) is 3.37. The first kappa shape index (κ1) is 15.7. The Balaban J connectivity index is 2.37. The van der Waals surface area contributed by atoms with Gasteiger partial charge in [0.25, 0.3) is 12.0 Å². The van der Waals surface area contributed by atoms with Crippen LogP contribution in [0, 0.1) is 0 Å². The van der Waals surface area contributed by atoms with Crippen molar-refractivity contribution in [2.45, 2.75) is 19.5 Å². The minimum atomic E-state index is -3.13. The molecule has 0 radical (unpaired) electrons. The molecule has 0 spiro atoms. The van der Waals surface area contributed by atoms with Gasteiger partial charge in [-0.15, -0.1) is 0 Å². The van der Waals surface area contributed by atoms with Crippen molar-refractivity contribution in [2.24, 2.45) is 0 Å². The molecule has 3 aromatic rings. The molecule has 0 saturated heterocycles. The lowest BCUT2D eigenvalue weighted by Gasteiger charge is -2.15. The molecule has 9 heteroatoms. The summed E-state index contributed by atoms with van der Waals surface area (Å²) < 4.78 is 52.9. The lowest BCUT2D eigenvalue weighted by atomic mass is 10.1. The summed E-state index contributed by atoms with van der Waals surface area (Å²) in [6, 6.07) is 7.94. The van der Waals surface area contributed by atoms with Crippen molar-refractivity contribution in [3.05, 3.63) is 63.6 Å². The fraction of sp³-hybridized carbons (Fsp3) is 0.211. The normalized spacial score (nSPS) is 14.4. The molecule has 0 amide bonds. The first-order valence-electron chi connectivity index (χ1n) is 9.55. The topological polar surface area (TPSA) is 107 Å². The molecule has 0 aliphatic rings. The Morgan fingerprint density at radius 3 is 2.54 bits per heavy atom. The van der Waals surface area contributed by atoms with E-state index in [4.69, 9.17) is 9.85 Å². The van der Waals surface area contributed by atoms with E-state index in [1.54, 1.807) is 0 Å². The average molecular weight is 392 g/mol. The fourth-order valence-electron chi connectivity index (χ4n) is 2.81. The first-order chi connectivity index (χ1) is 14.4. The van der Waals surface area contributed by atoms with Gasteiger partial charge in [0.2, 0.25) is 0 Å². The molecule has 0 aliphatic heterocycles. The lowest BCUT2D eigenvalue weighted by molar-refractivity contribution is 0.0599. The van der Waals surface area contributed by atoms with Crippen LogP contribution in [0.2, 0.25) is 0 Å². The number of halogens is 2. The number of rotatable bonds is 4. The van der Waals surface area contributed by atoms with E-state index in [-0.39, 0.29) is 16.7 Å². The van der Waals surface area contributed by atoms with Crippen molar-refractivity contribution < 1.29 is 27.5 Å². The number of nitrogens with two attached hydrogens (primary N) is 1. The molecule has 0 fully saturated rings. The second kappa shape index (κ2) is 7.35. The molecule has 1 aromatic carbocycles. The number of aliphatic hydroxyl groups excluding tert-OH is 1. The number of alkyl halides is 2. The van der Waals surface area contributed by atoms with Crippen molar-refractivity contribution in [2.75, 3.05) is 12.8 Å². The maximum atomic E-state index is 13.2. The zero-order valence-corrected chi connectivity index (χ0v) is 14.5. The first-order valence-corrected chi connectivity index (χ1v) is 8.05. The van der Waals surface area contributed by atoms with Crippen LogP contribution in [0.15, 0.2) is 41.2 Å². The number of aromatic nitrogens is 2. The number of benzene rings is 1. The van der Waals surface area contributed by atoms with Gasteiger partial charge in [0.15, 0.2) is 0 Å². The fourth-order valence-corrected chi connectivity index (χ4v) is 2.81. The highest BCUT2D eigenvalue weighted by molar-refractivity contribution is 6.03. The van der Waals surface area contributed by atoms with Crippen LogP contribution in [-0.4, -0.2) is 27.7 Å². The van der Waals surface area contributed by atoms with Crippen LogP contribution in [0.5, 0.6) is 0 Å². The summed E-state index contributed by atoms with van der Waals surface area (Å²) in [6.07, 6.45) is -3.74. The maximum absolute atomic E-state index is 13.2. The molecular formula is C19H17F2N3O4. The number of carbonyl (C=O) groups is 1. The summed E-state index contributed by atoms with van der Waals surface area (Å²) >= 11 is 0. The number of methoxy groups -OCH3 is 1. The molecule has 2 aromatic heterocycles. The van der Waals surface area contributed by atoms with E-state index in [9.17, 15) is 23.5 Å². The number of nitrogen functional groups attached to an aromatic ring is 1. The standard InChI is InChI=1S/C19H17F2N3O4/c1-9(25)10-3-5-11(6-4-10)24-17-12(7-8-13(23-17)16(20)21)15(22)14(18(24)26)19(27)28-2/h3-9,16,25H,22H2,1-2H3/i2D3. The van der Waals surface area contributed by atoms with E-state index in [1.807, 2.05) is 0 Å². The number of hydrogen-bond donors (Lipinski definition) is 2. The third kappa shape index (κ3) is 3.20. The molecule has 1 unspecified atom stereocenters. The monoisotopic (exact) mass is 392 g/mol. The van der Waals surface area contributed by atoms with Crippen LogP contribution in [0.3, 0.4) is 0 Å². The molecule has 28 heavy (non-hydrogen) atoms. The summed E-state index contributed by atoms with van der Waals surface area (Å²) in [6.45, 7) is 1.53. The number of pyridine rings is 2. The van der Waals surface area contributed by atoms with Gasteiger partial charge >= 0.3 is 5.97 Å². The van der Waals surface area contributed by atoms with Crippen LogP contribution in [0.1, 0.15) is 45.2 Å². The van der Waals surface area contributed by atoms with Crippen molar-refractivity contribution in [3.63, 3.8) is 0 Å². The predicted octanol–water partition coefficient (Wildman–Crippen LogP) is 2.75. The van der Waals surface area contributed by atoms with Crippen LogP contribution in [-0.2, 0) is 4.74 Å². The second-order valence-corrected chi connectivity index (χ2v) is 5.99. The zero-order chi connectivity index (χ0) is 23.1. The third-order valence-electron chi connectivity index (χ3n) is 4.24. The minimum Gasteiger partial charge on any atom is -0.465 e. The Morgan fingerprint density at radius 1 is 1.29 bits per heavy atom. The molecule has 0 bridgehead atoms. The molecule has 7 nitrogen and oxygen atoms in total. The lowest BCUT2D eigenvalue weighted by Crippen LogP contribution is -2.29. The van der Waals surface area contributed by atoms with E-state index in [1.165, 1.54) is 31.2 Å². The third-order valence-corrected chi connectivity index (χ3v) is 4.24. The summed E-state index contributed by atoms with van der Waals surface area (Å²) in [7, 11) is -3.13. The van der Waals surface area contributed by atoms with Gasteiger partial charge in [-0.05, 0) is 36.8 Å². The SMILES string of the molecule is [2H]C([2H])([2H])OC(=O)c1c(N)c2ccc(C(F)F)nc2n(-c2ccc(C(C)O)cc2)c1=O. The molecule has 146 valence electrons. The molecular weight excluding hydrogens is 372 g/mol. The van der Waals surface area contributed by atoms with Gasteiger partial charge in [0.1, 0.15) is 16.9 Å².